The number of aromatic amines is 1. The fourth-order valence-corrected chi connectivity index (χ4v) is 4.27. The van der Waals surface area contributed by atoms with Crippen LogP contribution >= 0.6 is 0 Å². The largest absolute Gasteiger partial charge is 0.380 e. The zero-order chi connectivity index (χ0) is 19.8. The van der Waals surface area contributed by atoms with Crippen LogP contribution in [0.15, 0.2) is 0 Å². The van der Waals surface area contributed by atoms with Crippen molar-refractivity contribution in [2.75, 3.05) is 31.2 Å². The number of fused-ring (bicyclic) bond motifs is 1. The summed E-state index contributed by atoms with van der Waals surface area (Å²) in [7, 11) is 0. The fourth-order valence-electron chi connectivity index (χ4n) is 4.27. The van der Waals surface area contributed by atoms with Crippen LogP contribution in [0.3, 0.4) is 0 Å². The van der Waals surface area contributed by atoms with Crippen molar-refractivity contribution in [3.05, 3.63) is 11.6 Å². The minimum atomic E-state index is -0.193. The Morgan fingerprint density at radius 1 is 1.14 bits per heavy atom. The van der Waals surface area contributed by atoms with Crippen molar-refractivity contribution >= 4 is 17.0 Å². The molecule has 1 N–H and O–H groups in total. The number of H-pyrrole nitrogens is 1. The Kier molecular flexibility index (Phi) is 3.37. The third-order valence-corrected chi connectivity index (χ3v) is 6.10. The molecule has 3 aromatic rings. The first-order chi connectivity index (χ1) is 13.9. The predicted octanol–water partition coefficient (Wildman–Crippen LogP) is 0.868. The van der Waals surface area contributed by atoms with Crippen LogP contribution in [0.2, 0.25) is 0 Å². The molecule has 11 nitrogen and oxygen atoms in total. The maximum Gasteiger partial charge on any atom is 0.199 e. The lowest BCUT2D eigenvalue weighted by atomic mass is 9.78. The number of hydrogen-bond acceptors (Lipinski definition) is 9. The third kappa shape index (κ3) is 2.63. The third-order valence-electron chi connectivity index (χ3n) is 6.10. The van der Waals surface area contributed by atoms with E-state index >= 15 is 0 Å². The van der Waals surface area contributed by atoms with Gasteiger partial charge in [0.15, 0.2) is 22.8 Å². The van der Waals surface area contributed by atoms with E-state index in [0.29, 0.717) is 11.7 Å². The summed E-state index contributed by atoms with van der Waals surface area (Å²) in [5.41, 5.74) is 1.58. The quantitative estimate of drug-likeness (QED) is 0.684. The summed E-state index contributed by atoms with van der Waals surface area (Å²) in [4.78, 5) is 12.1. The SMILES string of the molecule is CC(C)(C)c1nc(N2CC3(COC3)C2)c2nnn(C(c3nn[nH]n3)C3CC3)c2n1. The van der Waals surface area contributed by atoms with Gasteiger partial charge in [-0.2, -0.15) is 5.21 Å². The maximum absolute atomic E-state index is 5.43. The van der Waals surface area contributed by atoms with Gasteiger partial charge in [0.2, 0.25) is 0 Å². The molecule has 5 heterocycles. The van der Waals surface area contributed by atoms with Crippen molar-refractivity contribution in [1.82, 2.24) is 45.6 Å². The second kappa shape index (κ2) is 5.68. The van der Waals surface area contributed by atoms with Crippen LogP contribution in [0.1, 0.15) is 51.3 Å². The van der Waals surface area contributed by atoms with Gasteiger partial charge < -0.3 is 9.64 Å². The molecular weight excluding hydrogens is 372 g/mol. The lowest BCUT2D eigenvalue weighted by Crippen LogP contribution is -2.66. The maximum atomic E-state index is 5.43. The Morgan fingerprint density at radius 2 is 1.93 bits per heavy atom. The van der Waals surface area contributed by atoms with Gasteiger partial charge in [-0.3, -0.25) is 0 Å². The van der Waals surface area contributed by atoms with E-state index in [-0.39, 0.29) is 16.9 Å². The van der Waals surface area contributed by atoms with Crippen LogP contribution in [0.5, 0.6) is 0 Å². The van der Waals surface area contributed by atoms with Crippen molar-refractivity contribution in [3.8, 4) is 0 Å². The number of ether oxygens (including phenoxy) is 1. The lowest BCUT2D eigenvalue weighted by molar-refractivity contribution is -0.127. The highest BCUT2D eigenvalue weighted by Crippen LogP contribution is 2.44. The molecule has 1 spiro atoms. The van der Waals surface area contributed by atoms with E-state index in [1.54, 1.807) is 0 Å². The first kappa shape index (κ1) is 17.2. The van der Waals surface area contributed by atoms with E-state index < -0.39 is 0 Å². The molecule has 29 heavy (non-hydrogen) atoms. The van der Waals surface area contributed by atoms with Gasteiger partial charge in [-0.1, -0.05) is 31.2 Å². The minimum absolute atomic E-state index is 0.114. The van der Waals surface area contributed by atoms with Crippen molar-refractivity contribution in [2.24, 2.45) is 11.3 Å². The van der Waals surface area contributed by atoms with E-state index in [4.69, 9.17) is 14.7 Å². The van der Waals surface area contributed by atoms with E-state index in [2.05, 4.69) is 56.6 Å². The number of rotatable bonds is 4. The molecule has 1 atom stereocenters. The molecule has 0 amide bonds. The minimum Gasteiger partial charge on any atom is -0.380 e. The molecule has 2 saturated heterocycles. The molecule has 0 radical (unpaired) electrons. The molecule has 1 aliphatic carbocycles. The summed E-state index contributed by atoms with van der Waals surface area (Å²) in [5.74, 6) is 2.71. The number of nitrogens with zero attached hydrogens (tertiary/aromatic N) is 9. The molecule has 1 unspecified atom stereocenters. The summed E-state index contributed by atoms with van der Waals surface area (Å²) in [6, 6.07) is -0.114. The molecule has 6 rings (SSSR count). The highest BCUT2D eigenvalue weighted by Gasteiger charge is 2.50. The topological polar surface area (TPSA) is 123 Å². The summed E-state index contributed by atoms with van der Waals surface area (Å²) in [5, 5.41) is 23.8. The molecule has 152 valence electrons. The highest BCUT2D eigenvalue weighted by molar-refractivity contribution is 5.84. The molecule has 3 fully saturated rings. The number of hydrogen-bond donors (Lipinski definition) is 1. The average Bonchev–Trinajstić information content (AvgIpc) is 3.11. The van der Waals surface area contributed by atoms with Gasteiger partial charge in [0.25, 0.3) is 0 Å². The van der Waals surface area contributed by atoms with Crippen molar-refractivity contribution in [3.63, 3.8) is 0 Å². The summed E-state index contributed by atoms with van der Waals surface area (Å²) in [6.07, 6.45) is 2.22. The van der Waals surface area contributed by atoms with Crippen molar-refractivity contribution in [2.45, 2.75) is 45.1 Å². The lowest BCUT2D eigenvalue weighted by Gasteiger charge is -2.55. The van der Waals surface area contributed by atoms with Crippen LogP contribution in [-0.2, 0) is 10.2 Å². The number of nitrogens with one attached hydrogen (secondary N) is 1. The van der Waals surface area contributed by atoms with E-state index in [1.165, 1.54) is 0 Å². The zero-order valence-corrected chi connectivity index (χ0v) is 16.8. The van der Waals surface area contributed by atoms with Crippen LogP contribution in [-0.4, -0.2) is 71.9 Å². The normalized spacial score (nSPS) is 22.0. The predicted molar refractivity (Wildman–Crippen MR) is 102 cm³/mol. The van der Waals surface area contributed by atoms with Gasteiger partial charge in [0.1, 0.15) is 11.9 Å². The first-order valence-electron chi connectivity index (χ1n) is 10.1. The van der Waals surface area contributed by atoms with E-state index in [9.17, 15) is 0 Å². The molecule has 2 aliphatic heterocycles. The number of anilines is 1. The van der Waals surface area contributed by atoms with Crippen molar-refractivity contribution in [1.29, 1.82) is 0 Å². The van der Waals surface area contributed by atoms with Crippen LogP contribution in [0, 0.1) is 11.3 Å². The molecule has 3 aromatic heterocycles. The van der Waals surface area contributed by atoms with Gasteiger partial charge in [0, 0.05) is 18.5 Å². The fraction of sp³-hybridized carbons (Fsp3) is 0.722. The smallest absolute Gasteiger partial charge is 0.199 e. The first-order valence-corrected chi connectivity index (χ1v) is 10.1. The second-order valence-electron chi connectivity index (χ2n) is 9.73. The average molecular weight is 396 g/mol. The van der Waals surface area contributed by atoms with Crippen LogP contribution in [0.25, 0.3) is 11.2 Å². The summed E-state index contributed by atoms with van der Waals surface area (Å²) in [6.45, 7) is 9.91. The molecule has 0 aromatic carbocycles. The molecule has 0 bridgehead atoms. The summed E-state index contributed by atoms with van der Waals surface area (Å²) < 4.78 is 7.30. The summed E-state index contributed by atoms with van der Waals surface area (Å²) >= 11 is 0. The molecule has 1 saturated carbocycles. The number of aromatic nitrogens is 9. The van der Waals surface area contributed by atoms with E-state index in [0.717, 1.165) is 62.0 Å². The second-order valence-corrected chi connectivity index (χ2v) is 9.73. The Bertz CT molecular complexity index is 1050. The standard InChI is InChI=1S/C18H24N10O/c1-17(2,3)16-19-14(27-6-18(7-27)8-29-9-18)11-15(20-16)28(26-21-11)12(10-4-5-10)13-22-24-25-23-13/h10,12H,4-9H2,1-3H3,(H,22,23,24,25). The monoisotopic (exact) mass is 396 g/mol. The Hall–Kier alpha value is -2.69. The van der Waals surface area contributed by atoms with Crippen LogP contribution < -0.4 is 4.90 Å². The van der Waals surface area contributed by atoms with Gasteiger partial charge in [-0.15, -0.1) is 15.3 Å². The molecule has 3 aliphatic rings. The van der Waals surface area contributed by atoms with E-state index in [1.807, 2.05) is 4.68 Å². The van der Waals surface area contributed by atoms with Crippen LogP contribution in [0.4, 0.5) is 5.82 Å². The Labute approximate surface area is 167 Å². The van der Waals surface area contributed by atoms with Crippen molar-refractivity contribution < 1.29 is 4.74 Å². The van der Waals surface area contributed by atoms with Gasteiger partial charge in [-0.05, 0) is 18.8 Å². The highest BCUT2D eigenvalue weighted by atomic mass is 16.5. The number of tetrazole rings is 1. The Morgan fingerprint density at radius 3 is 2.52 bits per heavy atom. The Balaban J connectivity index is 1.48. The molecular formula is C18H24N10O. The molecule has 11 heteroatoms. The van der Waals surface area contributed by atoms with Gasteiger partial charge >= 0.3 is 0 Å². The van der Waals surface area contributed by atoms with Gasteiger partial charge in [0.05, 0.1) is 18.6 Å². The van der Waals surface area contributed by atoms with Gasteiger partial charge in [-0.25, -0.2) is 14.6 Å². The zero-order valence-electron chi connectivity index (χ0n) is 16.8.